The van der Waals surface area contributed by atoms with Gasteiger partial charge >= 0.3 is 0 Å². The Morgan fingerprint density at radius 2 is 1.96 bits per heavy atom. The summed E-state index contributed by atoms with van der Waals surface area (Å²) in [5, 5.41) is 1.16. The fourth-order valence-electron chi connectivity index (χ4n) is 4.08. The molecular weight excluding hydrogens is 317 g/mol. The second-order valence-electron chi connectivity index (χ2n) is 7.55. The Morgan fingerprint density at radius 1 is 1.20 bits per heavy atom. The van der Waals surface area contributed by atoms with Gasteiger partial charge in [0.25, 0.3) is 0 Å². The van der Waals surface area contributed by atoms with Gasteiger partial charge in [0.15, 0.2) is 0 Å². The highest BCUT2D eigenvalue weighted by Gasteiger charge is 2.24. The van der Waals surface area contributed by atoms with E-state index >= 15 is 0 Å². The predicted molar refractivity (Wildman–Crippen MR) is 99.5 cm³/mol. The first-order valence-corrected chi connectivity index (χ1v) is 9.50. The lowest BCUT2D eigenvalue weighted by atomic mass is 9.82. The zero-order chi connectivity index (χ0) is 17.8. The lowest BCUT2D eigenvalue weighted by molar-refractivity contribution is -0.0195. The normalized spacial score (nSPS) is 21.3. The number of fused-ring (bicyclic) bond motifs is 1. The molecule has 1 saturated carbocycles. The second kappa shape index (κ2) is 8.33. The van der Waals surface area contributed by atoms with Crippen molar-refractivity contribution in [2.24, 2.45) is 5.92 Å². The molecule has 1 aromatic carbocycles. The van der Waals surface area contributed by atoms with Gasteiger partial charge in [-0.1, -0.05) is 0 Å². The van der Waals surface area contributed by atoms with E-state index in [2.05, 4.69) is 18.8 Å². The zero-order valence-electron chi connectivity index (χ0n) is 15.6. The van der Waals surface area contributed by atoms with E-state index in [0.29, 0.717) is 24.7 Å². The molecule has 138 valence electrons. The van der Waals surface area contributed by atoms with Crippen molar-refractivity contribution in [1.82, 2.24) is 4.98 Å². The standard InChI is InChI=1S/C21H30FNO2/c1-14(2)25-17-7-4-15(5-8-17)12-19-18-9-6-16(22)13-21(18)23-20(19)10-11-24-3/h6,9,13-15,17,23H,4-5,7-8,10-12H2,1-3H3. The molecule has 0 spiro atoms. The summed E-state index contributed by atoms with van der Waals surface area (Å²) >= 11 is 0. The van der Waals surface area contributed by atoms with Crippen molar-refractivity contribution in [3.8, 4) is 0 Å². The minimum atomic E-state index is -0.190. The summed E-state index contributed by atoms with van der Waals surface area (Å²) in [5.41, 5.74) is 3.45. The number of aromatic amines is 1. The Labute approximate surface area is 149 Å². The van der Waals surface area contributed by atoms with Gasteiger partial charge in [-0.05, 0) is 75.6 Å². The van der Waals surface area contributed by atoms with Crippen molar-refractivity contribution in [2.45, 2.75) is 64.6 Å². The maximum absolute atomic E-state index is 13.6. The number of benzene rings is 1. The first-order chi connectivity index (χ1) is 12.1. The summed E-state index contributed by atoms with van der Waals surface area (Å²) < 4.78 is 24.8. The fraction of sp³-hybridized carbons (Fsp3) is 0.619. The average Bonchev–Trinajstić information content (AvgIpc) is 2.91. The molecule has 1 aliphatic rings. The molecule has 1 heterocycles. The van der Waals surface area contributed by atoms with Crippen LogP contribution in [0.25, 0.3) is 10.9 Å². The third-order valence-electron chi connectivity index (χ3n) is 5.26. The highest BCUT2D eigenvalue weighted by Crippen LogP contribution is 2.33. The number of hydrogen-bond acceptors (Lipinski definition) is 2. The summed E-state index contributed by atoms with van der Waals surface area (Å²) in [5.74, 6) is 0.488. The van der Waals surface area contributed by atoms with Crippen LogP contribution in [0.15, 0.2) is 18.2 Å². The molecule has 0 bridgehead atoms. The quantitative estimate of drug-likeness (QED) is 0.763. The number of nitrogens with one attached hydrogen (secondary N) is 1. The number of halogens is 1. The first-order valence-electron chi connectivity index (χ1n) is 9.50. The third kappa shape index (κ3) is 4.62. The van der Waals surface area contributed by atoms with Crippen LogP contribution in [0.2, 0.25) is 0 Å². The molecule has 0 saturated heterocycles. The van der Waals surface area contributed by atoms with E-state index in [4.69, 9.17) is 9.47 Å². The van der Waals surface area contributed by atoms with Crippen LogP contribution >= 0.6 is 0 Å². The SMILES string of the molecule is COCCc1[nH]c2cc(F)ccc2c1CC1CCC(OC(C)C)CC1. The molecular formula is C21H30FNO2. The molecule has 3 nitrogen and oxygen atoms in total. The van der Waals surface area contributed by atoms with Gasteiger partial charge in [-0.2, -0.15) is 0 Å². The number of aromatic nitrogens is 1. The van der Waals surface area contributed by atoms with Gasteiger partial charge in [0, 0.05) is 30.1 Å². The van der Waals surface area contributed by atoms with Crippen molar-refractivity contribution >= 4 is 10.9 Å². The van der Waals surface area contributed by atoms with Crippen LogP contribution in [0, 0.1) is 11.7 Å². The minimum absolute atomic E-state index is 0.190. The molecule has 0 amide bonds. The largest absolute Gasteiger partial charge is 0.384 e. The maximum Gasteiger partial charge on any atom is 0.125 e. The van der Waals surface area contributed by atoms with E-state index in [1.807, 2.05) is 6.07 Å². The summed E-state index contributed by atoms with van der Waals surface area (Å²) in [6.07, 6.45) is 7.32. The number of hydrogen-bond donors (Lipinski definition) is 1. The Hall–Kier alpha value is -1.39. The number of rotatable bonds is 7. The molecule has 0 unspecified atom stereocenters. The summed E-state index contributed by atoms with van der Waals surface area (Å²) in [4.78, 5) is 3.42. The van der Waals surface area contributed by atoms with Gasteiger partial charge in [-0.25, -0.2) is 4.39 Å². The first kappa shape index (κ1) is 18.4. The predicted octanol–water partition coefficient (Wildman–Crippen LogP) is 5.02. The molecule has 4 heteroatoms. The van der Waals surface area contributed by atoms with Crippen molar-refractivity contribution in [2.75, 3.05) is 13.7 Å². The van der Waals surface area contributed by atoms with Gasteiger partial charge in [-0.15, -0.1) is 0 Å². The van der Waals surface area contributed by atoms with E-state index in [1.54, 1.807) is 19.2 Å². The Morgan fingerprint density at radius 3 is 2.64 bits per heavy atom. The molecule has 1 N–H and O–H groups in total. The monoisotopic (exact) mass is 347 g/mol. The van der Waals surface area contributed by atoms with Crippen molar-refractivity contribution in [1.29, 1.82) is 0 Å². The number of H-pyrrole nitrogens is 1. The smallest absolute Gasteiger partial charge is 0.125 e. The average molecular weight is 347 g/mol. The topological polar surface area (TPSA) is 34.2 Å². The minimum Gasteiger partial charge on any atom is -0.384 e. The molecule has 2 aromatic rings. The highest BCUT2D eigenvalue weighted by molar-refractivity contribution is 5.84. The van der Waals surface area contributed by atoms with Crippen LogP contribution in [0.4, 0.5) is 4.39 Å². The Bertz CT molecular complexity index is 687. The van der Waals surface area contributed by atoms with Crippen LogP contribution in [0.1, 0.15) is 50.8 Å². The third-order valence-corrected chi connectivity index (χ3v) is 5.26. The van der Waals surface area contributed by atoms with E-state index in [-0.39, 0.29) is 5.82 Å². The van der Waals surface area contributed by atoms with Gasteiger partial charge in [-0.3, -0.25) is 0 Å². The lowest BCUT2D eigenvalue weighted by Crippen LogP contribution is -2.25. The molecule has 0 atom stereocenters. The molecule has 25 heavy (non-hydrogen) atoms. The maximum atomic E-state index is 13.6. The molecule has 1 aromatic heterocycles. The molecule has 1 fully saturated rings. The number of methoxy groups -OCH3 is 1. The molecule has 0 radical (unpaired) electrons. The summed E-state index contributed by atoms with van der Waals surface area (Å²) in [6.45, 7) is 4.90. The van der Waals surface area contributed by atoms with Crippen molar-refractivity contribution in [3.63, 3.8) is 0 Å². The lowest BCUT2D eigenvalue weighted by Gasteiger charge is -2.30. The van der Waals surface area contributed by atoms with Gasteiger partial charge in [0.1, 0.15) is 5.82 Å². The molecule has 3 rings (SSSR count). The second-order valence-corrected chi connectivity index (χ2v) is 7.55. The molecule has 1 aliphatic carbocycles. The summed E-state index contributed by atoms with van der Waals surface area (Å²) in [6, 6.07) is 5.08. The van der Waals surface area contributed by atoms with Gasteiger partial charge in [0.05, 0.1) is 18.8 Å². The van der Waals surface area contributed by atoms with Gasteiger partial charge < -0.3 is 14.5 Å². The van der Waals surface area contributed by atoms with Crippen LogP contribution in [-0.4, -0.2) is 30.9 Å². The number of ether oxygens (including phenoxy) is 2. The van der Waals surface area contributed by atoms with Crippen molar-refractivity contribution < 1.29 is 13.9 Å². The van der Waals surface area contributed by atoms with Crippen LogP contribution < -0.4 is 0 Å². The van der Waals surface area contributed by atoms with Crippen molar-refractivity contribution in [3.05, 3.63) is 35.3 Å². The van der Waals surface area contributed by atoms with Crippen LogP contribution in [0.3, 0.4) is 0 Å². The fourth-order valence-corrected chi connectivity index (χ4v) is 4.08. The van der Waals surface area contributed by atoms with E-state index < -0.39 is 0 Å². The Balaban J connectivity index is 1.74. The van der Waals surface area contributed by atoms with E-state index in [1.165, 1.54) is 24.1 Å². The molecule has 0 aliphatic heterocycles. The summed E-state index contributed by atoms with van der Waals surface area (Å²) in [7, 11) is 1.72. The zero-order valence-corrected chi connectivity index (χ0v) is 15.6. The van der Waals surface area contributed by atoms with E-state index in [0.717, 1.165) is 36.6 Å². The highest BCUT2D eigenvalue weighted by atomic mass is 19.1. The van der Waals surface area contributed by atoms with Crippen LogP contribution in [-0.2, 0) is 22.3 Å². The Kier molecular flexibility index (Phi) is 6.13. The van der Waals surface area contributed by atoms with Gasteiger partial charge in [0.2, 0.25) is 0 Å². The van der Waals surface area contributed by atoms with E-state index in [9.17, 15) is 4.39 Å². The van der Waals surface area contributed by atoms with Crippen LogP contribution in [0.5, 0.6) is 0 Å².